The lowest BCUT2D eigenvalue weighted by molar-refractivity contribution is 0.0949. The molecule has 1 aromatic rings. The minimum absolute atomic E-state index is 0.116. The van der Waals surface area contributed by atoms with Crippen LogP contribution in [0.4, 0.5) is 0 Å². The van der Waals surface area contributed by atoms with Gasteiger partial charge in [0, 0.05) is 10.6 Å². The molecule has 0 heterocycles. The number of aryl methyl sites for hydroxylation is 1. The summed E-state index contributed by atoms with van der Waals surface area (Å²) in [6.45, 7) is 8.90. The van der Waals surface area contributed by atoms with Crippen molar-refractivity contribution >= 4 is 17.4 Å². The monoisotopic (exact) mass is 253 g/mol. The zero-order chi connectivity index (χ0) is 13.0. The molecule has 1 aromatic carbocycles. The van der Waals surface area contributed by atoms with Crippen LogP contribution in [0.1, 0.15) is 36.7 Å². The standard InChI is InChI=1S/C14H20ClNO/c1-9(2)8-16-11(4)14(17)12-5-6-13(15)10(3)7-12/h5-7,9,11,16H,8H2,1-4H3. The number of halogens is 1. The van der Waals surface area contributed by atoms with Crippen LogP contribution in [0.15, 0.2) is 18.2 Å². The molecule has 0 spiro atoms. The Morgan fingerprint density at radius 3 is 2.53 bits per heavy atom. The van der Waals surface area contributed by atoms with Crippen LogP contribution in [0.25, 0.3) is 0 Å². The number of Topliss-reactive ketones (excluding diaryl/α,β-unsaturated/α-hetero) is 1. The Kier molecular flexibility index (Phi) is 5.16. The third-order valence-electron chi connectivity index (χ3n) is 2.67. The number of carbonyl (C=O) groups is 1. The Bertz CT molecular complexity index is 401. The third kappa shape index (κ3) is 4.14. The molecule has 1 unspecified atom stereocenters. The maximum Gasteiger partial charge on any atom is 0.179 e. The molecule has 1 rings (SSSR count). The first-order valence-electron chi connectivity index (χ1n) is 5.95. The predicted molar refractivity (Wildman–Crippen MR) is 72.8 cm³/mol. The Hall–Kier alpha value is -0.860. The largest absolute Gasteiger partial charge is 0.307 e. The molecule has 0 fully saturated rings. The van der Waals surface area contributed by atoms with Crippen LogP contribution in [-0.2, 0) is 0 Å². The Morgan fingerprint density at radius 2 is 2.00 bits per heavy atom. The first kappa shape index (κ1) is 14.2. The van der Waals surface area contributed by atoms with Crippen LogP contribution >= 0.6 is 11.6 Å². The molecular weight excluding hydrogens is 234 g/mol. The second kappa shape index (κ2) is 6.18. The summed E-state index contributed by atoms with van der Waals surface area (Å²) in [5.74, 6) is 0.655. The maximum absolute atomic E-state index is 12.1. The highest BCUT2D eigenvalue weighted by Gasteiger charge is 2.15. The minimum Gasteiger partial charge on any atom is -0.307 e. The molecule has 1 atom stereocenters. The van der Waals surface area contributed by atoms with Gasteiger partial charge >= 0.3 is 0 Å². The van der Waals surface area contributed by atoms with Gasteiger partial charge in [-0.1, -0.05) is 25.4 Å². The van der Waals surface area contributed by atoms with Gasteiger partial charge in [-0.2, -0.15) is 0 Å². The Labute approximate surface area is 108 Å². The summed E-state index contributed by atoms with van der Waals surface area (Å²) in [6.07, 6.45) is 0. The first-order valence-corrected chi connectivity index (χ1v) is 6.33. The van der Waals surface area contributed by atoms with E-state index < -0.39 is 0 Å². The van der Waals surface area contributed by atoms with Gasteiger partial charge in [0.05, 0.1) is 6.04 Å². The molecule has 0 saturated carbocycles. The van der Waals surface area contributed by atoms with E-state index in [1.165, 1.54) is 0 Å². The van der Waals surface area contributed by atoms with Crippen molar-refractivity contribution in [2.75, 3.05) is 6.54 Å². The van der Waals surface area contributed by atoms with Gasteiger partial charge in [-0.25, -0.2) is 0 Å². The average molecular weight is 254 g/mol. The first-order chi connectivity index (χ1) is 7.91. The zero-order valence-electron chi connectivity index (χ0n) is 10.9. The average Bonchev–Trinajstić information content (AvgIpc) is 2.28. The van der Waals surface area contributed by atoms with Crippen molar-refractivity contribution in [3.8, 4) is 0 Å². The smallest absolute Gasteiger partial charge is 0.179 e. The summed E-state index contributed by atoms with van der Waals surface area (Å²) in [5, 5.41) is 3.93. The number of nitrogens with one attached hydrogen (secondary N) is 1. The topological polar surface area (TPSA) is 29.1 Å². The summed E-state index contributed by atoms with van der Waals surface area (Å²) < 4.78 is 0. The normalized spacial score (nSPS) is 12.8. The van der Waals surface area contributed by atoms with Gasteiger partial charge in [0.15, 0.2) is 5.78 Å². The minimum atomic E-state index is -0.155. The van der Waals surface area contributed by atoms with E-state index >= 15 is 0 Å². The van der Waals surface area contributed by atoms with Crippen LogP contribution in [0.2, 0.25) is 5.02 Å². The van der Waals surface area contributed by atoms with Crippen molar-refractivity contribution in [1.82, 2.24) is 5.32 Å². The number of benzene rings is 1. The van der Waals surface area contributed by atoms with E-state index in [1.807, 2.05) is 19.9 Å². The van der Waals surface area contributed by atoms with E-state index in [-0.39, 0.29) is 11.8 Å². The van der Waals surface area contributed by atoms with Gasteiger partial charge in [-0.15, -0.1) is 0 Å². The molecular formula is C14H20ClNO. The summed E-state index contributed by atoms with van der Waals surface area (Å²) in [4.78, 5) is 12.1. The van der Waals surface area contributed by atoms with E-state index in [0.29, 0.717) is 10.9 Å². The van der Waals surface area contributed by atoms with Crippen molar-refractivity contribution in [1.29, 1.82) is 0 Å². The summed E-state index contributed by atoms with van der Waals surface area (Å²) in [7, 11) is 0. The number of rotatable bonds is 5. The molecule has 2 nitrogen and oxygen atoms in total. The number of hydrogen-bond acceptors (Lipinski definition) is 2. The number of hydrogen-bond donors (Lipinski definition) is 1. The Balaban J connectivity index is 2.71. The van der Waals surface area contributed by atoms with E-state index in [9.17, 15) is 4.79 Å². The molecule has 3 heteroatoms. The molecule has 0 saturated heterocycles. The van der Waals surface area contributed by atoms with Gasteiger partial charge in [-0.3, -0.25) is 4.79 Å². The number of carbonyl (C=O) groups excluding carboxylic acids is 1. The van der Waals surface area contributed by atoms with Gasteiger partial charge in [0.25, 0.3) is 0 Å². The molecule has 0 aliphatic carbocycles. The van der Waals surface area contributed by atoms with Crippen molar-refractivity contribution in [3.63, 3.8) is 0 Å². The SMILES string of the molecule is Cc1cc(C(=O)C(C)NCC(C)C)ccc1Cl. The molecule has 0 aliphatic heterocycles. The molecule has 0 aromatic heterocycles. The van der Waals surface area contributed by atoms with Crippen LogP contribution < -0.4 is 5.32 Å². The lowest BCUT2D eigenvalue weighted by Gasteiger charge is -2.15. The summed E-state index contributed by atoms with van der Waals surface area (Å²) in [5.41, 5.74) is 1.66. The number of ketones is 1. The molecule has 94 valence electrons. The quantitative estimate of drug-likeness (QED) is 0.815. The fourth-order valence-corrected chi connectivity index (χ4v) is 1.67. The maximum atomic E-state index is 12.1. The van der Waals surface area contributed by atoms with Crippen molar-refractivity contribution in [2.45, 2.75) is 33.7 Å². The second-order valence-corrected chi connectivity index (χ2v) is 5.26. The highest BCUT2D eigenvalue weighted by molar-refractivity contribution is 6.31. The van der Waals surface area contributed by atoms with Crippen molar-refractivity contribution in [3.05, 3.63) is 34.3 Å². The highest BCUT2D eigenvalue weighted by Crippen LogP contribution is 2.17. The lowest BCUT2D eigenvalue weighted by Crippen LogP contribution is -2.36. The zero-order valence-corrected chi connectivity index (χ0v) is 11.6. The molecule has 0 bridgehead atoms. The third-order valence-corrected chi connectivity index (χ3v) is 3.09. The second-order valence-electron chi connectivity index (χ2n) is 4.85. The summed E-state index contributed by atoms with van der Waals surface area (Å²) in [6, 6.07) is 5.25. The molecule has 0 radical (unpaired) electrons. The summed E-state index contributed by atoms with van der Waals surface area (Å²) >= 11 is 5.94. The van der Waals surface area contributed by atoms with E-state index in [1.54, 1.807) is 12.1 Å². The van der Waals surface area contributed by atoms with Crippen LogP contribution in [0.3, 0.4) is 0 Å². The molecule has 0 aliphatic rings. The van der Waals surface area contributed by atoms with Crippen LogP contribution in [0, 0.1) is 12.8 Å². The van der Waals surface area contributed by atoms with E-state index in [2.05, 4.69) is 19.2 Å². The van der Waals surface area contributed by atoms with Crippen molar-refractivity contribution in [2.24, 2.45) is 5.92 Å². The fourth-order valence-electron chi connectivity index (χ4n) is 1.55. The van der Waals surface area contributed by atoms with Crippen LogP contribution in [0.5, 0.6) is 0 Å². The van der Waals surface area contributed by atoms with E-state index in [4.69, 9.17) is 11.6 Å². The Morgan fingerprint density at radius 1 is 1.35 bits per heavy atom. The molecule has 0 amide bonds. The lowest BCUT2D eigenvalue weighted by atomic mass is 10.0. The van der Waals surface area contributed by atoms with Crippen LogP contribution in [-0.4, -0.2) is 18.4 Å². The predicted octanol–water partition coefficient (Wildman–Crippen LogP) is 3.47. The van der Waals surface area contributed by atoms with Gasteiger partial charge in [0.1, 0.15) is 0 Å². The fraction of sp³-hybridized carbons (Fsp3) is 0.500. The molecule has 17 heavy (non-hydrogen) atoms. The van der Waals surface area contributed by atoms with Crippen molar-refractivity contribution < 1.29 is 4.79 Å². The highest BCUT2D eigenvalue weighted by atomic mass is 35.5. The van der Waals surface area contributed by atoms with E-state index in [0.717, 1.165) is 17.7 Å². The molecule has 1 N–H and O–H groups in total. The van der Waals surface area contributed by atoms with Gasteiger partial charge < -0.3 is 5.32 Å². The van der Waals surface area contributed by atoms with Gasteiger partial charge in [0.2, 0.25) is 0 Å². The van der Waals surface area contributed by atoms with Gasteiger partial charge in [-0.05, 0) is 50.1 Å².